The smallest absolute Gasteiger partial charge is 0.261 e. The Hall–Kier alpha value is -1.95. The van der Waals surface area contributed by atoms with E-state index in [0.29, 0.717) is 0 Å². The van der Waals surface area contributed by atoms with Crippen molar-refractivity contribution >= 4 is 17.5 Å². The van der Waals surface area contributed by atoms with Crippen LogP contribution in [0.4, 0.5) is 5.69 Å². The van der Waals surface area contributed by atoms with Gasteiger partial charge in [-0.05, 0) is 6.07 Å². The molecule has 18 heavy (non-hydrogen) atoms. The molecule has 0 aromatic heterocycles. The number of fused-ring (bicyclic) bond motifs is 1. The fourth-order valence-corrected chi connectivity index (χ4v) is 1.30. The van der Waals surface area contributed by atoms with E-state index in [1.165, 1.54) is 0 Å². The van der Waals surface area contributed by atoms with Gasteiger partial charge in [0.25, 0.3) is 5.69 Å². The second-order valence-electron chi connectivity index (χ2n) is 3.06. The zero-order valence-corrected chi connectivity index (χ0v) is 11.1. The minimum atomic E-state index is -1.09. The van der Waals surface area contributed by atoms with Crippen LogP contribution in [0, 0.1) is 21.4 Å². The average Bonchev–Trinajstić information content (AvgIpc) is 2.29. The first kappa shape index (κ1) is 14.1. The van der Waals surface area contributed by atoms with Gasteiger partial charge < -0.3 is 0 Å². The number of hydrogen-bond acceptors (Lipinski definition) is 5. The van der Waals surface area contributed by atoms with E-state index in [1.54, 1.807) is 6.07 Å². The summed E-state index contributed by atoms with van der Waals surface area (Å²) in [5.41, 5.74) is -0.720. The SMILES string of the molecule is N#Cc1cc2c(cc1[N+](=O)[O-])=NC(=O)C(=O)N=2.[Na+]. The molecule has 0 saturated carbocycles. The number of nitro groups is 1. The normalized spacial score (nSPS) is 12.4. The molecule has 0 aliphatic carbocycles. The van der Waals surface area contributed by atoms with E-state index in [-0.39, 0.29) is 45.8 Å². The quantitative estimate of drug-likeness (QED) is 0.217. The number of amides is 2. The Kier molecular flexibility index (Phi) is 4.03. The largest absolute Gasteiger partial charge is 1.00 e. The molecule has 0 N–H and O–H groups in total. The van der Waals surface area contributed by atoms with Crippen LogP contribution in [0.5, 0.6) is 0 Å². The zero-order valence-electron chi connectivity index (χ0n) is 9.08. The summed E-state index contributed by atoms with van der Waals surface area (Å²) in [6, 6.07) is 3.62. The van der Waals surface area contributed by atoms with Crippen LogP contribution in [0.15, 0.2) is 22.1 Å². The van der Waals surface area contributed by atoms with Gasteiger partial charge in [0.05, 0.1) is 10.3 Å². The predicted molar refractivity (Wildman–Crippen MR) is 50.1 cm³/mol. The van der Waals surface area contributed by atoms with Crippen LogP contribution >= 0.6 is 0 Å². The van der Waals surface area contributed by atoms with Crippen molar-refractivity contribution in [2.24, 2.45) is 9.98 Å². The number of rotatable bonds is 1. The number of nitro benzene ring substituents is 1. The third-order valence-electron chi connectivity index (χ3n) is 2.04. The average molecular weight is 253 g/mol. The molecule has 9 heteroatoms. The van der Waals surface area contributed by atoms with Crippen LogP contribution in [0.3, 0.4) is 0 Å². The standard InChI is InChI=1S/C9H2N4O4.Na/c10-3-4-1-5-6(2-7(4)13(16)17)12-9(15)8(14)11-5;/h1-2H;/q;+1. The van der Waals surface area contributed by atoms with E-state index in [2.05, 4.69) is 9.98 Å². The van der Waals surface area contributed by atoms with Gasteiger partial charge >= 0.3 is 41.4 Å². The molecular weight excluding hydrogens is 251 g/mol. The molecule has 0 radical (unpaired) electrons. The molecular formula is C9H2N4NaO4+. The van der Waals surface area contributed by atoms with Crippen molar-refractivity contribution < 1.29 is 44.1 Å². The molecule has 1 aromatic carbocycles. The fourth-order valence-electron chi connectivity index (χ4n) is 1.30. The molecule has 0 atom stereocenters. The molecule has 0 unspecified atom stereocenters. The molecule has 1 heterocycles. The van der Waals surface area contributed by atoms with Gasteiger partial charge in [0.1, 0.15) is 17.0 Å². The molecule has 1 aliphatic heterocycles. The summed E-state index contributed by atoms with van der Waals surface area (Å²) in [6.45, 7) is 0. The number of carbonyl (C=O) groups is 2. The van der Waals surface area contributed by atoms with Gasteiger partial charge in [-0.1, -0.05) is 0 Å². The van der Waals surface area contributed by atoms with Crippen molar-refractivity contribution in [3.05, 3.63) is 38.5 Å². The number of hydrogen-bond donors (Lipinski definition) is 0. The summed E-state index contributed by atoms with van der Waals surface area (Å²) in [5.74, 6) is -2.15. The summed E-state index contributed by atoms with van der Waals surface area (Å²) in [7, 11) is 0. The Morgan fingerprint density at radius 1 is 1.17 bits per heavy atom. The number of carbonyl (C=O) groups excluding carboxylic acids is 2. The molecule has 2 rings (SSSR count). The second-order valence-corrected chi connectivity index (χ2v) is 3.06. The van der Waals surface area contributed by atoms with Crippen LogP contribution in [-0.2, 0) is 9.59 Å². The fraction of sp³-hybridized carbons (Fsp3) is 0. The summed E-state index contributed by atoms with van der Waals surface area (Å²) < 4.78 is 0. The maximum atomic E-state index is 10.9. The third-order valence-corrected chi connectivity index (χ3v) is 2.04. The Bertz CT molecular complexity index is 734. The van der Waals surface area contributed by atoms with E-state index >= 15 is 0 Å². The van der Waals surface area contributed by atoms with Crippen LogP contribution in [0.2, 0.25) is 0 Å². The Morgan fingerprint density at radius 2 is 1.67 bits per heavy atom. The van der Waals surface area contributed by atoms with Crippen molar-refractivity contribution in [3.63, 3.8) is 0 Å². The molecule has 2 amide bonds. The summed E-state index contributed by atoms with van der Waals surface area (Å²) in [6.07, 6.45) is 0. The van der Waals surface area contributed by atoms with Gasteiger partial charge in [0.15, 0.2) is 0 Å². The van der Waals surface area contributed by atoms with E-state index < -0.39 is 22.4 Å². The second kappa shape index (κ2) is 5.14. The molecule has 82 valence electrons. The predicted octanol–water partition coefficient (Wildman–Crippen LogP) is -4.22. The van der Waals surface area contributed by atoms with Crippen molar-refractivity contribution in [2.45, 2.75) is 0 Å². The van der Waals surface area contributed by atoms with Gasteiger partial charge in [-0.2, -0.15) is 5.26 Å². The summed E-state index contributed by atoms with van der Waals surface area (Å²) in [4.78, 5) is 38.5. The molecule has 0 fully saturated rings. The minimum absolute atomic E-state index is 0. The number of benzene rings is 1. The van der Waals surface area contributed by atoms with Gasteiger partial charge in [-0.25, -0.2) is 9.98 Å². The Morgan fingerprint density at radius 3 is 2.11 bits per heavy atom. The zero-order chi connectivity index (χ0) is 12.6. The van der Waals surface area contributed by atoms with Crippen LogP contribution in [0.1, 0.15) is 5.56 Å². The first-order valence-electron chi connectivity index (χ1n) is 4.27. The minimum Gasteiger partial charge on any atom is -0.261 e. The molecule has 8 nitrogen and oxygen atoms in total. The van der Waals surface area contributed by atoms with E-state index in [1.807, 2.05) is 0 Å². The van der Waals surface area contributed by atoms with Crippen molar-refractivity contribution in [3.8, 4) is 6.07 Å². The van der Waals surface area contributed by atoms with Gasteiger partial charge in [0, 0.05) is 6.07 Å². The number of nitriles is 1. The molecule has 1 aliphatic rings. The monoisotopic (exact) mass is 253 g/mol. The van der Waals surface area contributed by atoms with E-state index in [9.17, 15) is 19.7 Å². The van der Waals surface area contributed by atoms with E-state index in [0.717, 1.165) is 12.1 Å². The first-order chi connectivity index (χ1) is 8.02. The van der Waals surface area contributed by atoms with Crippen LogP contribution < -0.4 is 40.3 Å². The number of nitrogens with zero attached hydrogens (tertiary/aromatic N) is 4. The molecule has 1 aromatic rings. The molecule has 0 saturated heterocycles. The van der Waals surface area contributed by atoms with Crippen molar-refractivity contribution in [1.29, 1.82) is 5.26 Å². The first-order valence-corrected chi connectivity index (χ1v) is 4.27. The Labute approximate surface area is 121 Å². The summed E-state index contributed by atoms with van der Waals surface area (Å²) >= 11 is 0. The van der Waals surface area contributed by atoms with Gasteiger partial charge in [-0.3, -0.25) is 19.7 Å². The van der Waals surface area contributed by atoms with Crippen LogP contribution in [-0.4, -0.2) is 16.7 Å². The molecule has 0 spiro atoms. The van der Waals surface area contributed by atoms with Crippen molar-refractivity contribution in [2.75, 3.05) is 0 Å². The Balaban J connectivity index is 0.00000162. The third kappa shape index (κ3) is 2.33. The van der Waals surface area contributed by atoms with Crippen molar-refractivity contribution in [1.82, 2.24) is 0 Å². The van der Waals surface area contributed by atoms with Gasteiger partial charge in [-0.15, -0.1) is 0 Å². The van der Waals surface area contributed by atoms with E-state index in [4.69, 9.17) is 5.26 Å². The summed E-state index contributed by atoms with van der Waals surface area (Å²) in [5, 5.41) is 19.3. The molecule has 0 bridgehead atoms. The topological polar surface area (TPSA) is 126 Å². The maximum absolute atomic E-state index is 10.9. The maximum Gasteiger partial charge on any atom is 1.00 e. The van der Waals surface area contributed by atoms with Crippen LogP contribution in [0.25, 0.3) is 0 Å². The van der Waals surface area contributed by atoms with Gasteiger partial charge in [0.2, 0.25) is 0 Å².